The van der Waals surface area contributed by atoms with E-state index in [0.717, 1.165) is 4.57 Å². The minimum atomic E-state index is -0.635. The smallest absolute Gasteiger partial charge is 0.331 e. The molecule has 0 saturated heterocycles. The molecule has 5 nitrogen and oxygen atoms in total. The number of aromatic nitrogens is 2. The van der Waals surface area contributed by atoms with Gasteiger partial charge in [0.15, 0.2) is 0 Å². The molecule has 0 fully saturated rings. The maximum atomic E-state index is 11.9. The Hall–Kier alpha value is -2.74. The molecule has 1 aromatic carbocycles. The van der Waals surface area contributed by atoms with Gasteiger partial charge >= 0.3 is 5.69 Å². The summed E-state index contributed by atoms with van der Waals surface area (Å²) in [6.45, 7) is 0.255. The van der Waals surface area contributed by atoms with E-state index >= 15 is 0 Å². The highest BCUT2D eigenvalue weighted by atomic mass is 16.3. The third kappa shape index (κ3) is 2.64. The summed E-state index contributed by atoms with van der Waals surface area (Å²) in [6.07, 6.45) is 6.19. The van der Waals surface area contributed by atoms with E-state index < -0.39 is 11.2 Å². The number of benzene rings is 1. The SMILES string of the molecule is C#CCCCn1c(O)c(-c2ccccc2)c(=O)[nH]c1=O. The first kappa shape index (κ1) is 13.7. The van der Waals surface area contributed by atoms with Crippen LogP contribution in [0.1, 0.15) is 12.8 Å². The minimum Gasteiger partial charge on any atom is -0.494 e. The van der Waals surface area contributed by atoms with Crippen LogP contribution in [0.15, 0.2) is 39.9 Å². The Labute approximate surface area is 115 Å². The second kappa shape index (κ2) is 5.93. The van der Waals surface area contributed by atoms with Crippen LogP contribution in [0.25, 0.3) is 11.1 Å². The lowest BCUT2D eigenvalue weighted by Crippen LogP contribution is -2.31. The van der Waals surface area contributed by atoms with Crippen molar-refractivity contribution in [2.45, 2.75) is 19.4 Å². The number of hydrogen-bond acceptors (Lipinski definition) is 3. The van der Waals surface area contributed by atoms with Crippen LogP contribution < -0.4 is 11.2 Å². The van der Waals surface area contributed by atoms with Gasteiger partial charge in [0.25, 0.3) is 5.56 Å². The van der Waals surface area contributed by atoms with Crippen molar-refractivity contribution in [1.29, 1.82) is 0 Å². The molecular formula is C15H14N2O3. The lowest BCUT2D eigenvalue weighted by molar-refractivity contribution is 0.399. The lowest BCUT2D eigenvalue weighted by Gasteiger charge is -2.10. The van der Waals surface area contributed by atoms with Gasteiger partial charge in [-0.1, -0.05) is 30.3 Å². The van der Waals surface area contributed by atoms with Crippen LogP contribution in [0.3, 0.4) is 0 Å². The van der Waals surface area contributed by atoms with E-state index in [2.05, 4.69) is 10.9 Å². The van der Waals surface area contributed by atoms with Gasteiger partial charge in [0.2, 0.25) is 5.88 Å². The molecule has 1 aromatic heterocycles. The van der Waals surface area contributed by atoms with Crippen LogP contribution in [-0.4, -0.2) is 14.7 Å². The summed E-state index contributed by atoms with van der Waals surface area (Å²) in [5, 5.41) is 10.2. The Balaban J connectivity index is 2.54. The van der Waals surface area contributed by atoms with E-state index in [0.29, 0.717) is 18.4 Å². The largest absolute Gasteiger partial charge is 0.494 e. The quantitative estimate of drug-likeness (QED) is 0.650. The monoisotopic (exact) mass is 270 g/mol. The summed E-state index contributed by atoms with van der Waals surface area (Å²) in [7, 11) is 0. The number of hydrogen-bond donors (Lipinski definition) is 2. The molecule has 0 saturated carbocycles. The summed E-state index contributed by atoms with van der Waals surface area (Å²) < 4.78 is 1.13. The van der Waals surface area contributed by atoms with E-state index in [1.54, 1.807) is 30.3 Å². The fourth-order valence-electron chi connectivity index (χ4n) is 1.97. The highest BCUT2D eigenvalue weighted by Gasteiger charge is 2.15. The predicted octanol–water partition coefficient (Wildman–Crippen LogP) is 1.32. The predicted molar refractivity (Wildman–Crippen MR) is 76.5 cm³/mol. The Kier molecular flexibility index (Phi) is 4.06. The maximum Gasteiger partial charge on any atom is 0.331 e. The highest BCUT2D eigenvalue weighted by Crippen LogP contribution is 2.23. The molecule has 0 unspecified atom stereocenters. The van der Waals surface area contributed by atoms with E-state index in [1.807, 2.05) is 0 Å². The van der Waals surface area contributed by atoms with Gasteiger partial charge in [-0.25, -0.2) is 4.79 Å². The molecule has 102 valence electrons. The molecule has 0 atom stereocenters. The van der Waals surface area contributed by atoms with Crippen LogP contribution in [0.2, 0.25) is 0 Å². The van der Waals surface area contributed by atoms with Crippen LogP contribution in [0.4, 0.5) is 0 Å². The number of nitrogens with zero attached hydrogens (tertiary/aromatic N) is 1. The molecular weight excluding hydrogens is 256 g/mol. The van der Waals surface area contributed by atoms with Crippen molar-refractivity contribution in [2.24, 2.45) is 0 Å². The van der Waals surface area contributed by atoms with E-state index in [-0.39, 0.29) is 18.0 Å². The molecule has 0 aliphatic carbocycles. The van der Waals surface area contributed by atoms with Crippen molar-refractivity contribution in [3.63, 3.8) is 0 Å². The van der Waals surface area contributed by atoms with Crippen molar-refractivity contribution in [2.75, 3.05) is 0 Å². The van der Waals surface area contributed by atoms with E-state index in [4.69, 9.17) is 6.42 Å². The third-order valence-electron chi connectivity index (χ3n) is 2.94. The van der Waals surface area contributed by atoms with Gasteiger partial charge in [-0.05, 0) is 12.0 Å². The number of H-pyrrole nitrogens is 1. The molecule has 0 radical (unpaired) electrons. The second-order valence-electron chi connectivity index (χ2n) is 4.28. The van der Waals surface area contributed by atoms with Gasteiger partial charge in [0.1, 0.15) is 5.56 Å². The molecule has 0 spiro atoms. The zero-order valence-corrected chi connectivity index (χ0v) is 10.8. The first-order chi connectivity index (χ1) is 9.65. The number of unbranched alkanes of at least 4 members (excludes halogenated alkanes) is 1. The van der Waals surface area contributed by atoms with Crippen LogP contribution in [-0.2, 0) is 6.54 Å². The summed E-state index contributed by atoms with van der Waals surface area (Å²) in [5.41, 5.74) is -0.598. The second-order valence-corrected chi connectivity index (χ2v) is 4.28. The van der Waals surface area contributed by atoms with Crippen molar-refractivity contribution in [3.8, 4) is 29.4 Å². The number of aromatic hydroxyl groups is 1. The van der Waals surface area contributed by atoms with Gasteiger partial charge in [0.05, 0.1) is 0 Å². The van der Waals surface area contributed by atoms with Gasteiger partial charge in [-0.2, -0.15) is 0 Å². The first-order valence-electron chi connectivity index (χ1n) is 6.20. The fraction of sp³-hybridized carbons (Fsp3) is 0.200. The molecule has 2 N–H and O–H groups in total. The number of terminal acetylenes is 1. The van der Waals surface area contributed by atoms with Crippen molar-refractivity contribution in [1.82, 2.24) is 9.55 Å². The van der Waals surface area contributed by atoms with Crippen LogP contribution >= 0.6 is 0 Å². The Bertz CT molecular complexity index is 751. The van der Waals surface area contributed by atoms with Crippen molar-refractivity contribution < 1.29 is 5.11 Å². The lowest BCUT2D eigenvalue weighted by atomic mass is 10.1. The average molecular weight is 270 g/mol. The number of nitrogens with one attached hydrogen (secondary N) is 1. The Morgan fingerprint density at radius 1 is 1.25 bits per heavy atom. The molecule has 2 rings (SSSR count). The molecule has 0 bridgehead atoms. The summed E-state index contributed by atoms with van der Waals surface area (Å²) in [6, 6.07) is 8.70. The topological polar surface area (TPSA) is 75.1 Å². The molecule has 5 heteroatoms. The van der Waals surface area contributed by atoms with Gasteiger partial charge in [-0.15, -0.1) is 12.3 Å². The number of rotatable bonds is 4. The number of aromatic amines is 1. The van der Waals surface area contributed by atoms with Crippen LogP contribution in [0, 0.1) is 12.3 Å². The van der Waals surface area contributed by atoms with E-state index in [1.165, 1.54) is 0 Å². The molecule has 2 aromatic rings. The van der Waals surface area contributed by atoms with Gasteiger partial charge in [-0.3, -0.25) is 14.3 Å². The zero-order valence-electron chi connectivity index (χ0n) is 10.8. The molecule has 0 aliphatic heterocycles. The molecule has 0 amide bonds. The Morgan fingerprint density at radius 2 is 1.95 bits per heavy atom. The zero-order chi connectivity index (χ0) is 14.5. The van der Waals surface area contributed by atoms with Gasteiger partial charge < -0.3 is 5.11 Å². The first-order valence-corrected chi connectivity index (χ1v) is 6.20. The molecule has 20 heavy (non-hydrogen) atoms. The van der Waals surface area contributed by atoms with E-state index in [9.17, 15) is 14.7 Å². The molecule has 1 heterocycles. The fourth-order valence-corrected chi connectivity index (χ4v) is 1.97. The summed E-state index contributed by atoms with van der Waals surface area (Å²) >= 11 is 0. The molecule has 0 aliphatic rings. The van der Waals surface area contributed by atoms with Crippen molar-refractivity contribution in [3.05, 3.63) is 51.2 Å². The highest BCUT2D eigenvalue weighted by molar-refractivity contribution is 5.67. The van der Waals surface area contributed by atoms with Crippen LogP contribution in [0.5, 0.6) is 5.88 Å². The standard InChI is InChI=1S/C15H14N2O3/c1-2-3-7-10-17-14(19)12(13(18)16-15(17)20)11-8-5-4-6-9-11/h1,4-6,8-9,19H,3,7,10H2,(H,16,18,20). The van der Waals surface area contributed by atoms with Gasteiger partial charge in [0, 0.05) is 13.0 Å². The average Bonchev–Trinajstić information content (AvgIpc) is 2.43. The minimum absolute atomic E-state index is 0.0888. The van der Waals surface area contributed by atoms with Crippen molar-refractivity contribution >= 4 is 0 Å². The Morgan fingerprint density at radius 3 is 2.60 bits per heavy atom. The summed E-state index contributed by atoms with van der Waals surface area (Å²) in [5.74, 6) is 2.13. The third-order valence-corrected chi connectivity index (χ3v) is 2.94. The maximum absolute atomic E-state index is 11.9. The summed E-state index contributed by atoms with van der Waals surface area (Å²) in [4.78, 5) is 25.8. The normalized spacial score (nSPS) is 10.2.